The Morgan fingerprint density at radius 1 is 0.385 bits per heavy atom. The van der Waals surface area contributed by atoms with Gasteiger partial charge in [0.1, 0.15) is 54.2 Å². The lowest BCUT2D eigenvalue weighted by molar-refractivity contribution is 0.0685. The van der Waals surface area contributed by atoms with E-state index in [1.54, 1.807) is 60.7 Å². The number of fused-ring (bicyclic) bond motifs is 1. The average Bonchev–Trinajstić information content (AvgIpc) is 0.753. The monoisotopic (exact) mass is 2180 g/mol. The molecule has 2 amide bonds. The summed E-state index contributed by atoms with van der Waals surface area (Å²) in [7, 11) is -45.9. The molecule has 67 heteroatoms. The van der Waals surface area contributed by atoms with Gasteiger partial charge in [-0.2, -0.15) is 81.2 Å². The van der Waals surface area contributed by atoms with Crippen molar-refractivity contribution in [2.75, 3.05) is 59.0 Å². The number of hydrogen-bond donors (Lipinski definition) is 16. The van der Waals surface area contributed by atoms with E-state index in [4.69, 9.17) is 37.8 Å². The lowest BCUT2D eigenvalue weighted by atomic mass is 10.1. The minimum atomic E-state index is -5.17. The van der Waals surface area contributed by atoms with Crippen molar-refractivity contribution >= 4 is 210 Å². The summed E-state index contributed by atoms with van der Waals surface area (Å²) >= 11 is 0. The molecule has 11 rings (SSSR count). The molecule has 0 aliphatic rings. The molecule has 11 aromatic carbocycles. The number of benzene rings is 11. The second-order valence-electron chi connectivity index (χ2n) is 28.0. The van der Waals surface area contributed by atoms with E-state index in [1.165, 1.54) is 36.4 Å². The molecule has 0 atom stereocenters. The van der Waals surface area contributed by atoms with Gasteiger partial charge in [0.15, 0.2) is 52.1 Å². The van der Waals surface area contributed by atoms with Crippen LogP contribution in [0.3, 0.4) is 0 Å². The molecular weight excluding hydrogens is 2110 g/mol. The highest BCUT2D eigenvalue weighted by molar-refractivity contribution is 7.92. The third kappa shape index (κ3) is 33.2. The van der Waals surface area contributed by atoms with E-state index >= 15 is 0 Å². The fourth-order valence-corrected chi connectivity index (χ4v) is 17.8. The number of phenols is 3. The Morgan fingerprint density at radius 2 is 0.776 bits per heavy atom. The molecule has 0 bridgehead atoms. The quantitative estimate of drug-likeness (QED) is 0.00763. The maximum Gasteiger partial charge on any atom is 0.425 e. The molecule has 0 fully saturated rings. The Kier molecular flexibility index (Phi) is 37.0. The van der Waals surface area contributed by atoms with E-state index < -0.39 is 260 Å². The van der Waals surface area contributed by atoms with Crippen LogP contribution in [0.5, 0.6) is 17.2 Å². The lowest BCUT2D eigenvalue weighted by Crippen LogP contribution is -2.50. The van der Waals surface area contributed by atoms with Crippen molar-refractivity contribution in [2.45, 2.75) is 50.1 Å². The van der Waals surface area contributed by atoms with Crippen LogP contribution in [0.25, 0.3) is 10.8 Å². The molecule has 0 aromatic heterocycles. The van der Waals surface area contributed by atoms with Gasteiger partial charge in [-0.3, -0.25) is 47.8 Å². The number of sulfone groups is 3. The van der Waals surface area contributed by atoms with Gasteiger partial charge in [-0.1, -0.05) is 59.2 Å². The number of aryl methyl sites for hydroxylation is 3. The summed E-state index contributed by atoms with van der Waals surface area (Å²) in [4.78, 5) is 56.3. The second-order valence-corrected chi connectivity index (χ2v) is 42.2. The predicted octanol–water partition coefficient (Wildman–Crippen LogP) is 8.77. The van der Waals surface area contributed by atoms with Crippen LogP contribution in [-0.2, 0) is 114 Å². The van der Waals surface area contributed by atoms with Crippen LogP contribution < -0.4 is 49.2 Å². The number of primary amides is 1. The number of nitrogen functional groups attached to an aromatic ring is 1. The topological polar surface area (TPSA) is 930 Å². The Bertz CT molecular complexity index is 8550. The SMILES string of the molecule is Cc1ccc(N=Nc2c(C(=O)O)cc(O)c(N=Nc3ccc(N=Nc4ccc(S(=O)(=O)CCOS(=O)(=O)O)cc4S(=O)(=O)O)c(NC(N)=O)c3)c2O)cc1.Cc1ccc(N=Nc2ccc3cc(S(=O)(=O)O)c(N=Nc4ccc(S(=O)(=O)CCOS(=O)(=O)O)cc4)c(N)c3c2O)cc1.Cc1ccc(NN=c2c(C(=O)O)cc(=O)c(=NNc3ccc(S(=O)(=O)CCOS(=O)(=O)O)cc3S(=O)(=O)O)c2=O)cc1.O=S(=O)=O. The summed E-state index contributed by atoms with van der Waals surface area (Å²) in [6, 6.07) is 36.9. The fraction of sp³-hybridized carbons (Fsp3) is 0.118. The Hall–Kier alpha value is -15.3. The number of nitrogens with one attached hydrogen (secondary N) is 3. The van der Waals surface area contributed by atoms with Gasteiger partial charge in [-0.15, -0.1) is 43.3 Å². The van der Waals surface area contributed by atoms with Crippen molar-refractivity contribution in [3.05, 3.63) is 241 Å². The largest absolute Gasteiger partial charge is 0.505 e. The van der Waals surface area contributed by atoms with Crippen molar-refractivity contribution in [1.29, 1.82) is 0 Å². The summed E-state index contributed by atoms with van der Waals surface area (Å²) in [6.07, 6.45) is 0. The van der Waals surface area contributed by atoms with Gasteiger partial charge in [-0.05, 0) is 160 Å². The number of anilines is 4. The first kappa shape index (κ1) is 113. The summed E-state index contributed by atoms with van der Waals surface area (Å²) in [6.45, 7) is 2.70. The summed E-state index contributed by atoms with van der Waals surface area (Å²) in [5, 5.41) is 98.2. The number of hydrogen-bond acceptors (Lipinski definition) is 47. The number of nitrogens with two attached hydrogens (primary N) is 2. The number of carbonyl (C=O) groups is 3. The van der Waals surface area contributed by atoms with Crippen molar-refractivity contribution < 1.29 is 168 Å². The molecule has 0 aliphatic heterocycles. The molecule has 11 aromatic rings. The second kappa shape index (κ2) is 46.9. The lowest BCUT2D eigenvalue weighted by Gasteiger charge is -2.12. The number of rotatable bonds is 35. The molecule has 0 saturated heterocycles. The van der Waals surface area contributed by atoms with Crippen molar-refractivity contribution in [2.24, 2.45) is 67.1 Å². The van der Waals surface area contributed by atoms with E-state index in [1.807, 2.05) is 32.9 Å². The first-order chi connectivity index (χ1) is 66.3. The number of azo groups is 5. The third-order valence-electron chi connectivity index (χ3n) is 17.8. The Balaban J connectivity index is 0.000000260. The minimum Gasteiger partial charge on any atom is -0.505 e. The number of carbonyl (C=O) groups excluding carboxylic acids is 1. The van der Waals surface area contributed by atoms with Crippen LogP contribution in [-0.4, -0.2) is 196 Å². The molecule has 0 unspecified atom stereocenters. The smallest absolute Gasteiger partial charge is 0.425 e. The predicted molar refractivity (Wildman–Crippen MR) is 495 cm³/mol. The highest BCUT2D eigenvalue weighted by atomic mass is 32.3. The van der Waals surface area contributed by atoms with Gasteiger partial charge >= 0.3 is 59.8 Å². The van der Waals surface area contributed by atoms with Gasteiger partial charge in [0.2, 0.25) is 10.9 Å². The van der Waals surface area contributed by atoms with E-state index in [0.29, 0.717) is 35.3 Å². The van der Waals surface area contributed by atoms with E-state index in [0.717, 1.165) is 71.3 Å². The highest BCUT2D eigenvalue weighted by Crippen LogP contribution is 2.49. The van der Waals surface area contributed by atoms with E-state index in [-0.39, 0.29) is 49.8 Å². The molecule has 143 heavy (non-hydrogen) atoms. The Labute approximate surface area is 807 Å². The molecule has 0 heterocycles. The number of carboxylic acid groups (broad SMARTS) is 2. The molecule has 0 spiro atoms. The van der Waals surface area contributed by atoms with E-state index in [2.05, 4.69) is 90.1 Å². The Morgan fingerprint density at radius 3 is 1.25 bits per heavy atom. The summed E-state index contributed by atoms with van der Waals surface area (Å²) in [5.41, 5.74) is 12.6. The zero-order valence-electron chi connectivity index (χ0n) is 71.9. The van der Waals surface area contributed by atoms with Gasteiger partial charge in [0, 0.05) is 6.07 Å². The zero-order valence-corrected chi connectivity index (χ0v) is 80.1. The van der Waals surface area contributed by atoms with Crippen LogP contribution in [0.15, 0.2) is 282 Å². The average molecular weight is 2180 g/mol. The maximum absolute atomic E-state index is 13.0. The van der Waals surface area contributed by atoms with Crippen molar-refractivity contribution in [1.82, 2.24) is 0 Å². The number of urea groups is 1. The van der Waals surface area contributed by atoms with Crippen LogP contribution >= 0.6 is 0 Å². The van der Waals surface area contributed by atoms with Gasteiger partial charge in [0.05, 0.1) is 114 Å². The minimum absolute atomic E-state index is 0.0149. The third-order valence-corrected chi connectivity index (χ3v) is 26.9. The molecule has 0 radical (unpaired) electrons. The standard InChI is InChI=1S/C29H26N8O14S3.C25H23N5O10S3.C22H20N4O13S3.O3S/c1-15-2-4-16(5-3-15)32-36-25-19(28(40)41)14-23(38)26(27(25)39)37-33-17-6-8-20(22(12-17)31-29(30)42)34-35-21-9-7-18(13-24(21)53(45,46)47)52(43,44)11-10-51-54(48,49)50;1-15-2-5-17(6-3-15)27-29-20-11-4-16-14-21(42(34,35)36)24(23(26)22(16)25(20)31)30-28-18-7-9-19(10-8-18)41(32,33)13-12-40-43(37,38)39;1-12-2-4-13(5-3-12)23-25-19-15(22(29)30)11-17(27)20(21(19)28)26-24-16-7-6-14(10-18(16)41(33,34)35)40(31,32)9-8-39-42(36,37)38;1-4(2)3/h2-9,12-14,38-39H,10-11H2,1H3,(H,40,41)(H3,30,31,42)(H,45,46,47)(H,48,49,50);2-11,14,31H,12-13,26H2,1H3,(H,34,35,36)(H,37,38,39);2-7,10-11,23-24H,8-9H2,1H3,(H,29,30)(H,33,34,35)(H,36,37,38);. The molecule has 18 N–H and O–H groups in total. The first-order valence-corrected chi connectivity index (χ1v) is 52.4. The number of nitrogens with zero attached hydrogens (tertiary/aromatic N) is 12. The molecule has 758 valence electrons. The number of aromatic hydroxyl groups is 3. The number of aromatic carboxylic acids is 2. The van der Waals surface area contributed by atoms with Gasteiger partial charge in [0.25, 0.3) is 30.4 Å². The molecule has 57 nitrogen and oxygen atoms in total. The van der Waals surface area contributed by atoms with Crippen LogP contribution in [0.4, 0.5) is 84.4 Å². The van der Waals surface area contributed by atoms with Crippen molar-refractivity contribution in [3.8, 4) is 17.2 Å². The van der Waals surface area contributed by atoms with Crippen LogP contribution in [0.2, 0.25) is 0 Å². The molecule has 0 aliphatic carbocycles. The van der Waals surface area contributed by atoms with Gasteiger partial charge in [-0.25, -0.2) is 52.2 Å². The number of amides is 2. The van der Waals surface area contributed by atoms with Crippen molar-refractivity contribution in [3.63, 3.8) is 0 Å². The zero-order chi connectivity index (χ0) is 107. The molecule has 0 saturated carbocycles. The van der Waals surface area contributed by atoms with Gasteiger partial charge < -0.3 is 42.3 Å². The molecular formula is C76H69N17O40S10. The maximum atomic E-state index is 13.0. The van der Waals surface area contributed by atoms with Crippen LogP contribution in [0.1, 0.15) is 37.4 Å². The summed E-state index contributed by atoms with van der Waals surface area (Å²) in [5.74, 6) is -8.13. The highest BCUT2D eigenvalue weighted by Gasteiger charge is 2.30. The fourth-order valence-electron chi connectivity index (χ4n) is 11.2. The number of carboxylic acids is 2. The normalized spacial score (nSPS) is 12.7. The number of phenolic OH excluding ortho intramolecular Hbond substituents is 3. The van der Waals surface area contributed by atoms with Crippen LogP contribution in [0, 0.1) is 20.8 Å². The summed E-state index contributed by atoms with van der Waals surface area (Å²) < 4.78 is 304. The van der Waals surface area contributed by atoms with E-state index in [9.17, 15) is 139 Å². The first-order valence-electron chi connectivity index (χ1n) is 38.0.